The van der Waals surface area contributed by atoms with Crippen molar-refractivity contribution < 1.29 is 9.15 Å². The maximum Gasteiger partial charge on any atom is 0.134 e. The molecule has 0 fully saturated rings. The molecule has 0 N–H and O–H groups in total. The van der Waals surface area contributed by atoms with Gasteiger partial charge in [0.2, 0.25) is 0 Å². The van der Waals surface area contributed by atoms with E-state index < -0.39 is 0 Å². The maximum absolute atomic E-state index is 9.33. The number of ether oxygens (including phenoxy) is 1. The van der Waals surface area contributed by atoms with Crippen molar-refractivity contribution in [1.29, 1.82) is 5.26 Å². The van der Waals surface area contributed by atoms with E-state index in [0.29, 0.717) is 16.3 Å². The lowest BCUT2D eigenvalue weighted by Crippen LogP contribution is -1.85. The van der Waals surface area contributed by atoms with Gasteiger partial charge in [0.1, 0.15) is 22.6 Å². The first-order chi connectivity index (χ1) is 10.8. The van der Waals surface area contributed by atoms with Crippen molar-refractivity contribution in [1.82, 2.24) is 4.98 Å². The average molecular weight is 308 g/mol. The fourth-order valence-electron chi connectivity index (χ4n) is 1.97. The van der Waals surface area contributed by atoms with Gasteiger partial charge in [0.05, 0.1) is 24.6 Å². The van der Waals surface area contributed by atoms with Crippen molar-refractivity contribution in [3.05, 3.63) is 58.8 Å². The zero-order valence-corrected chi connectivity index (χ0v) is 12.6. The third-order valence-electron chi connectivity index (χ3n) is 3.05. The highest BCUT2D eigenvalue weighted by Crippen LogP contribution is 2.28. The molecule has 0 bridgehead atoms. The summed E-state index contributed by atoms with van der Waals surface area (Å²) in [6.07, 6.45) is 3.26. The summed E-state index contributed by atoms with van der Waals surface area (Å²) in [4.78, 5) is 4.54. The maximum atomic E-state index is 9.33. The third kappa shape index (κ3) is 2.92. The number of nitrogens with zero attached hydrogens (tertiary/aromatic N) is 2. The van der Waals surface area contributed by atoms with Gasteiger partial charge < -0.3 is 9.15 Å². The molecular formula is C17H12N2O2S. The predicted octanol–water partition coefficient (Wildman–Crippen LogP) is 4.48. The van der Waals surface area contributed by atoms with Crippen LogP contribution in [0.25, 0.3) is 22.9 Å². The van der Waals surface area contributed by atoms with Gasteiger partial charge in [-0.2, -0.15) is 5.26 Å². The quantitative estimate of drug-likeness (QED) is 0.667. The van der Waals surface area contributed by atoms with Gasteiger partial charge in [0.15, 0.2) is 0 Å². The lowest BCUT2D eigenvalue weighted by Gasteiger charge is -2.01. The second-order valence-corrected chi connectivity index (χ2v) is 5.31. The number of benzene rings is 1. The monoisotopic (exact) mass is 308 g/mol. The molecule has 2 heterocycles. The van der Waals surface area contributed by atoms with Crippen molar-refractivity contribution in [3.63, 3.8) is 0 Å². The summed E-state index contributed by atoms with van der Waals surface area (Å²) in [7, 11) is 1.63. The Morgan fingerprint density at radius 1 is 1.36 bits per heavy atom. The highest BCUT2D eigenvalue weighted by Gasteiger charge is 2.10. The van der Waals surface area contributed by atoms with Crippen LogP contribution in [0.15, 0.2) is 52.5 Å². The molecule has 0 spiro atoms. The van der Waals surface area contributed by atoms with Crippen molar-refractivity contribution >= 4 is 23.0 Å². The van der Waals surface area contributed by atoms with E-state index >= 15 is 0 Å². The number of furan rings is 1. The summed E-state index contributed by atoms with van der Waals surface area (Å²) in [6, 6.07) is 13.4. The molecule has 4 nitrogen and oxygen atoms in total. The van der Waals surface area contributed by atoms with E-state index in [2.05, 4.69) is 11.1 Å². The first-order valence-electron chi connectivity index (χ1n) is 6.56. The molecule has 0 aliphatic heterocycles. The van der Waals surface area contributed by atoms with Crippen molar-refractivity contribution in [2.24, 2.45) is 0 Å². The van der Waals surface area contributed by atoms with Crippen LogP contribution < -0.4 is 4.74 Å². The van der Waals surface area contributed by atoms with Crippen LogP contribution in [0, 0.1) is 11.3 Å². The Morgan fingerprint density at radius 2 is 2.27 bits per heavy atom. The van der Waals surface area contributed by atoms with Gasteiger partial charge in [-0.3, -0.25) is 0 Å². The number of methoxy groups -OCH3 is 1. The molecule has 0 aliphatic carbocycles. The van der Waals surface area contributed by atoms with E-state index in [1.807, 2.05) is 29.6 Å². The predicted molar refractivity (Wildman–Crippen MR) is 86.3 cm³/mol. The van der Waals surface area contributed by atoms with Crippen molar-refractivity contribution in [2.45, 2.75) is 0 Å². The molecular weight excluding hydrogens is 296 g/mol. The third-order valence-corrected chi connectivity index (χ3v) is 3.93. The summed E-state index contributed by atoms with van der Waals surface area (Å²) in [5.74, 6) is 1.41. The molecule has 108 valence electrons. The van der Waals surface area contributed by atoms with Crippen LogP contribution in [0.4, 0.5) is 0 Å². The summed E-state index contributed by atoms with van der Waals surface area (Å²) in [6.45, 7) is 0. The minimum atomic E-state index is 0.481. The van der Waals surface area contributed by atoms with Gasteiger partial charge in [0.25, 0.3) is 0 Å². The molecule has 0 saturated heterocycles. The second-order valence-electron chi connectivity index (χ2n) is 4.46. The Morgan fingerprint density at radius 3 is 3.00 bits per heavy atom. The molecule has 1 aromatic carbocycles. The van der Waals surface area contributed by atoms with Crippen LogP contribution in [0.3, 0.4) is 0 Å². The minimum Gasteiger partial charge on any atom is -0.497 e. The molecule has 0 aliphatic rings. The number of hydrogen-bond donors (Lipinski definition) is 0. The van der Waals surface area contributed by atoms with Gasteiger partial charge >= 0.3 is 0 Å². The molecule has 2 aromatic heterocycles. The SMILES string of the molecule is COc1cccc(-c2csc(/C(C#N)=C\c3ccco3)n2)c1. The topological polar surface area (TPSA) is 59.0 Å². The fourth-order valence-corrected chi connectivity index (χ4v) is 2.76. The van der Waals surface area contributed by atoms with E-state index in [-0.39, 0.29) is 0 Å². The summed E-state index contributed by atoms with van der Waals surface area (Å²) in [5.41, 5.74) is 2.26. The average Bonchev–Trinajstić information content (AvgIpc) is 3.24. The lowest BCUT2D eigenvalue weighted by molar-refractivity contribution is 0.415. The van der Waals surface area contributed by atoms with Crippen LogP contribution in [0.5, 0.6) is 5.75 Å². The number of hydrogen-bond acceptors (Lipinski definition) is 5. The first-order valence-corrected chi connectivity index (χ1v) is 7.44. The van der Waals surface area contributed by atoms with E-state index in [9.17, 15) is 5.26 Å². The van der Waals surface area contributed by atoms with Crippen molar-refractivity contribution in [2.75, 3.05) is 7.11 Å². The molecule has 0 radical (unpaired) electrons. The number of rotatable bonds is 4. The molecule has 5 heteroatoms. The zero-order valence-electron chi connectivity index (χ0n) is 11.8. The van der Waals surface area contributed by atoms with Crippen LogP contribution in [-0.2, 0) is 0 Å². The van der Waals surface area contributed by atoms with E-state index in [0.717, 1.165) is 17.0 Å². The lowest BCUT2D eigenvalue weighted by atomic mass is 10.1. The molecule has 22 heavy (non-hydrogen) atoms. The summed E-state index contributed by atoms with van der Waals surface area (Å²) in [5, 5.41) is 11.9. The number of nitriles is 1. The second kappa shape index (κ2) is 6.29. The number of aromatic nitrogens is 1. The molecule has 3 rings (SSSR count). The van der Waals surface area contributed by atoms with E-state index in [1.54, 1.807) is 31.6 Å². The van der Waals surface area contributed by atoms with Crippen molar-refractivity contribution in [3.8, 4) is 23.1 Å². The van der Waals surface area contributed by atoms with Crippen LogP contribution >= 0.6 is 11.3 Å². The molecule has 0 amide bonds. The highest BCUT2D eigenvalue weighted by atomic mass is 32.1. The van der Waals surface area contributed by atoms with Gasteiger partial charge in [0, 0.05) is 17.0 Å². The zero-order chi connectivity index (χ0) is 15.4. The highest BCUT2D eigenvalue weighted by molar-refractivity contribution is 7.11. The molecule has 0 saturated carbocycles. The normalized spacial score (nSPS) is 11.2. The number of thiazole rings is 1. The molecule has 0 atom stereocenters. The summed E-state index contributed by atoms with van der Waals surface area (Å²) >= 11 is 1.43. The summed E-state index contributed by atoms with van der Waals surface area (Å²) < 4.78 is 10.5. The Labute approximate surface area is 131 Å². The Hall–Kier alpha value is -2.84. The Balaban J connectivity index is 1.94. The van der Waals surface area contributed by atoms with E-state index in [1.165, 1.54) is 11.3 Å². The standard InChI is InChI=1S/C17H12N2O2S/c1-20-14-5-2-4-12(8-14)16-11-22-17(19-16)13(10-18)9-15-6-3-7-21-15/h2-9,11H,1H3/b13-9-. The Kier molecular flexibility index (Phi) is 4.03. The molecule has 0 unspecified atom stereocenters. The first kappa shape index (κ1) is 14.1. The van der Waals surface area contributed by atoms with Gasteiger partial charge in [-0.05, 0) is 24.3 Å². The van der Waals surface area contributed by atoms with E-state index in [4.69, 9.17) is 9.15 Å². The number of allylic oxidation sites excluding steroid dienone is 1. The van der Waals surface area contributed by atoms with Gasteiger partial charge in [-0.25, -0.2) is 4.98 Å². The minimum absolute atomic E-state index is 0.481. The fraction of sp³-hybridized carbons (Fsp3) is 0.0588. The van der Waals surface area contributed by atoms with Crippen LogP contribution in [-0.4, -0.2) is 12.1 Å². The largest absolute Gasteiger partial charge is 0.497 e. The van der Waals surface area contributed by atoms with Gasteiger partial charge in [-0.1, -0.05) is 12.1 Å². The smallest absolute Gasteiger partial charge is 0.134 e. The van der Waals surface area contributed by atoms with Gasteiger partial charge in [-0.15, -0.1) is 11.3 Å². The molecule has 3 aromatic rings. The van der Waals surface area contributed by atoms with Crippen LogP contribution in [0.1, 0.15) is 10.8 Å². The van der Waals surface area contributed by atoms with Crippen LogP contribution in [0.2, 0.25) is 0 Å². The Bertz CT molecular complexity index is 842.